The predicted octanol–water partition coefficient (Wildman–Crippen LogP) is 2.41. The van der Waals surface area contributed by atoms with Crippen molar-refractivity contribution in [2.75, 3.05) is 6.61 Å². The maximum atomic E-state index is 11.7. The SMILES string of the molecule is CCC(OCCCC(F)(F)F)C(N)=S. The number of alkyl halides is 3. The lowest BCUT2D eigenvalue weighted by molar-refractivity contribution is -0.138. The lowest BCUT2D eigenvalue weighted by atomic mass is 10.2. The first-order valence-electron chi connectivity index (χ1n) is 4.34. The van der Waals surface area contributed by atoms with Crippen molar-refractivity contribution in [2.24, 2.45) is 5.73 Å². The maximum Gasteiger partial charge on any atom is 0.389 e. The van der Waals surface area contributed by atoms with Crippen LogP contribution in [0.25, 0.3) is 0 Å². The van der Waals surface area contributed by atoms with Crippen molar-refractivity contribution in [1.82, 2.24) is 0 Å². The minimum atomic E-state index is -4.12. The fraction of sp³-hybridized carbons (Fsp3) is 0.875. The van der Waals surface area contributed by atoms with Crippen molar-refractivity contribution in [2.45, 2.75) is 38.5 Å². The van der Waals surface area contributed by atoms with Gasteiger partial charge in [-0.2, -0.15) is 13.2 Å². The van der Waals surface area contributed by atoms with Gasteiger partial charge < -0.3 is 10.5 Å². The molecule has 0 amide bonds. The van der Waals surface area contributed by atoms with Crippen LogP contribution in [0.2, 0.25) is 0 Å². The van der Waals surface area contributed by atoms with E-state index < -0.39 is 18.7 Å². The van der Waals surface area contributed by atoms with Gasteiger partial charge in [0.2, 0.25) is 0 Å². The third kappa shape index (κ3) is 7.08. The molecule has 0 aliphatic carbocycles. The zero-order valence-corrected chi connectivity index (χ0v) is 8.75. The first kappa shape index (κ1) is 13.6. The van der Waals surface area contributed by atoms with E-state index in [4.69, 9.17) is 10.5 Å². The summed E-state index contributed by atoms with van der Waals surface area (Å²) in [5.74, 6) is 0. The van der Waals surface area contributed by atoms with Crippen LogP contribution in [0.15, 0.2) is 0 Å². The molecule has 0 aromatic heterocycles. The van der Waals surface area contributed by atoms with Gasteiger partial charge in [-0.3, -0.25) is 0 Å². The van der Waals surface area contributed by atoms with E-state index in [0.29, 0.717) is 6.42 Å². The number of ether oxygens (including phenoxy) is 1. The smallest absolute Gasteiger partial charge is 0.389 e. The van der Waals surface area contributed by atoms with Crippen LogP contribution in [0, 0.1) is 0 Å². The summed E-state index contributed by atoms with van der Waals surface area (Å²) in [6.45, 7) is 1.85. The highest BCUT2D eigenvalue weighted by atomic mass is 32.1. The van der Waals surface area contributed by atoms with Crippen molar-refractivity contribution in [3.63, 3.8) is 0 Å². The van der Waals surface area contributed by atoms with E-state index in [0.717, 1.165) is 0 Å². The summed E-state index contributed by atoms with van der Waals surface area (Å²) in [6.07, 6.45) is -4.82. The topological polar surface area (TPSA) is 35.2 Å². The van der Waals surface area contributed by atoms with Gasteiger partial charge in [0.25, 0.3) is 0 Å². The highest BCUT2D eigenvalue weighted by Gasteiger charge is 2.26. The third-order valence-electron chi connectivity index (χ3n) is 1.61. The molecule has 0 aliphatic heterocycles. The molecule has 1 atom stereocenters. The van der Waals surface area contributed by atoms with Crippen LogP contribution < -0.4 is 5.73 Å². The van der Waals surface area contributed by atoms with E-state index in [-0.39, 0.29) is 18.0 Å². The molecular weight excluding hydrogens is 215 g/mol. The highest BCUT2D eigenvalue weighted by molar-refractivity contribution is 7.80. The fourth-order valence-corrected chi connectivity index (χ4v) is 1.13. The summed E-state index contributed by atoms with van der Waals surface area (Å²) in [6, 6.07) is 0. The minimum Gasteiger partial charge on any atom is -0.391 e. The molecule has 0 heterocycles. The molecule has 0 aromatic carbocycles. The van der Waals surface area contributed by atoms with E-state index in [9.17, 15) is 13.2 Å². The van der Waals surface area contributed by atoms with Gasteiger partial charge in [-0.05, 0) is 12.8 Å². The Kier molecular flexibility index (Phi) is 6.03. The number of thiocarbonyl (C=S) groups is 1. The Balaban J connectivity index is 3.58. The number of hydrogen-bond donors (Lipinski definition) is 1. The first-order valence-corrected chi connectivity index (χ1v) is 4.75. The number of halogens is 3. The Morgan fingerprint density at radius 2 is 2.07 bits per heavy atom. The maximum absolute atomic E-state index is 11.7. The predicted molar refractivity (Wildman–Crippen MR) is 52.1 cm³/mol. The molecule has 0 rings (SSSR count). The van der Waals surface area contributed by atoms with Crippen molar-refractivity contribution in [1.29, 1.82) is 0 Å². The van der Waals surface area contributed by atoms with E-state index in [1.54, 1.807) is 0 Å². The Morgan fingerprint density at radius 3 is 2.43 bits per heavy atom. The number of rotatable bonds is 6. The summed E-state index contributed by atoms with van der Waals surface area (Å²) < 4.78 is 40.2. The van der Waals surface area contributed by atoms with Crippen LogP contribution in [-0.4, -0.2) is 23.9 Å². The average Bonchev–Trinajstić information content (AvgIpc) is 2.01. The molecule has 2 nitrogen and oxygen atoms in total. The quantitative estimate of drug-likeness (QED) is 0.561. The number of hydrogen-bond acceptors (Lipinski definition) is 2. The summed E-state index contributed by atoms with van der Waals surface area (Å²) in [5.41, 5.74) is 5.30. The standard InChI is InChI=1S/C8H14F3NOS/c1-2-6(7(12)14)13-5-3-4-8(9,10)11/h6H,2-5H2,1H3,(H2,12,14). The molecule has 1 unspecified atom stereocenters. The molecule has 2 N–H and O–H groups in total. The zero-order valence-electron chi connectivity index (χ0n) is 7.93. The summed E-state index contributed by atoms with van der Waals surface area (Å²) >= 11 is 4.67. The molecule has 84 valence electrons. The van der Waals surface area contributed by atoms with Gasteiger partial charge >= 0.3 is 6.18 Å². The van der Waals surface area contributed by atoms with Crippen molar-refractivity contribution < 1.29 is 17.9 Å². The lowest BCUT2D eigenvalue weighted by Gasteiger charge is -2.14. The van der Waals surface area contributed by atoms with E-state index in [2.05, 4.69) is 12.2 Å². The summed E-state index contributed by atoms with van der Waals surface area (Å²) in [4.78, 5) is 0.194. The zero-order chi connectivity index (χ0) is 11.2. The third-order valence-corrected chi connectivity index (χ3v) is 1.87. The van der Waals surface area contributed by atoms with Gasteiger partial charge in [-0.25, -0.2) is 0 Å². The molecule has 14 heavy (non-hydrogen) atoms. The van der Waals surface area contributed by atoms with Crippen molar-refractivity contribution in [3.8, 4) is 0 Å². The van der Waals surface area contributed by atoms with Gasteiger partial charge in [0, 0.05) is 13.0 Å². The second kappa shape index (κ2) is 6.19. The van der Waals surface area contributed by atoms with E-state index in [1.807, 2.05) is 6.92 Å². The van der Waals surface area contributed by atoms with Gasteiger partial charge in [0.1, 0.15) is 11.1 Å². The highest BCUT2D eigenvalue weighted by Crippen LogP contribution is 2.21. The monoisotopic (exact) mass is 229 g/mol. The second-order valence-electron chi connectivity index (χ2n) is 2.89. The van der Waals surface area contributed by atoms with Crippen molar-refractivity contribution in [3.05, 3.63) is 0 Å². The van der Waals surface area contributed by atoms with Crippen LogP contribution in [-0.2, 0) is 4.74 Å². The molecular formula is C8H14F3NOS. The van der Waals surface area contributed by atoms with Crippen molar-refractivity contribution >= 4 is 17.2 Å². The van der Waals surface area contributed by atoms with Crippen LogP contribution >= 0.6 is 12.2 Å². The molecule has 0 fully saturated rings. The largest absolute Gasteiger partial charge is 0.391 e. The summed E-state index contributed by atoms with van der Waals surface area (Å²) in [7, 11) is 0. The molecule has 0 aromatic rings. The van der Waals surface area contributed by atoms with E-state index >= 15 is 0 Å². The molecule has 0 aliphatic rings. The Labute approximate surface area is 86.6 Å². The molecule has 0 bridgehead atoms. The first-order chi connectivity index (χ1) is 6.37. The Bertz CT molecular complexity index is 184. The fourth-order valence-electron chi connectivity index (χ4n) is 0.899. The molecule has 0 spiro atoms. The van der Waals surface area contributed by atoms with Gasteiger partial charge in [-0.1, -0.05) is 19.1 Å². The normalized spacial score (nSPS) is 14.0. The Morgan fingerprint density at radius 1 is 1.50 bits per heavy atom. The van der Waals surface area contributed by atoms with Gasteiger partial charge in [0.05, 0.1) is 0 Å². The van der Waals surface area contributed by atoms with Crippen LogP contribution in [0.5, 0.6) is 0 Å². The number of nitrogens with two attached hydrogens (primary N) is 1. The molecule has 0 saturated heterocycles. The minimum absolute atomic E-state index is 0.0371. The molecule has 6 heteroatoms. The van der Waals surface area contributed by atoms with Crippen LogP contribution in [0.1, 0.15) is 26.2 Å². The van der Waals surface area contributed by atoms with E-state index in [1.165, 1.54) is 0 Å². The second-order valence-corrected chi connectivity index (χ2v) is 3.36. The lowest BCUT2D eigenvalue weighted by Crippen LogP contribution is -2.29. The van der Waals surface area contributed by atoms with Gasteiger partial charge in [0.15, 0.2) is 0 Å². The average molecular weight is 229 g/mol. The molecule has 0 saturated carbocycles. The molecule has 0 radical (unpaired) electrons. The Hall–Kier alpha value is -0.360. The van der Waals surface area contributed by atoms with Crippen LogP contribution in [0.4, 0.5) is 13.2 Å². The van der Waals surface area contributed by atoms with Crippen LogP contribution in [0.3, 0.4) is 0 Å². The summed E-state index contributed by atoms with van der Waals surface area (Å²) in [5, 5.41) is 0. The van der Waals surface area contributed by atoms with Gasteiger partial charge in [-0.15, -0.1) is 0 Å².